The summed E-state index contributed by atoms with van der Waals surface area (Å²) in [6.07, 6.45) is 19.7. The summed E-state index contributed by atoms with van der Waals surface area (Å²) >= 11 is 0. The third-order valence-corrected chi connectivity index (χ3v) is 4.44. The van der Waals surface area contributed by atoms with Crippen molar-refractivity contribution in [3.63, 3.8) is 0 Å². The first-order valence-electron chi connectivity index (χ1n) is 9.27. The number of unbranched alkanes of at least 4 members (excludes halogenated alkanes) is 12. The lowest BCUT2D eigenvalue weighted by Crippen LogP contribution is -2.17. The molecule has 20 heavy (non-hydrogen) atoms. The molecular formula is C19H40N. The topological polar surface area (TPSA) is 23.8 Å². The zero-order chi connectivity index (χ0) is 15.1. The molecule has 0 heterocycles. The van der Waals surface area contributed by atoms with E-state index >= 15 is 0 Å². The van der Waals surface area contributed by atoms with Crippen molar-refractivity contribution in [2.45, 2.75) is 111 Å². The van der Waals surface area contributed by atoms with E-state index in [2.05, 4.69) is 20.8 Å². The highest BCUT2D eigenvalue weighted by Crippen LogP contribution is 2.22. The summed E-state index contributed by atoms with van der Waals surface area (Å²) in [5.41, 5.74) is 7.72. The van der Waals surface area contributed by atoms with Crippen LogP contribution in [0.4, 0.5) is 0 Å². The molecule has 0 aliphatic heterocycles. The van der Waals surface area contributed by atoms with E-state index in [0.29, 0.717) is 6.54 Å². The highest BCUT2D eigenvalue weighted by atomic mass is 14.6. The first-order valence-corrected chi connectivity index (χ1v) is 9.27. The lowest BCUT2D eigenvalue weighted by molar-refractivity contribution is 0.326. The number of rotatable bonds is 15. The Morgan fingerprint density at radius 3 is 1.30 bits per heavy atom. The van der Waals surface area contributed by atoms with E-state index in [4.69, 9.17) is 5.73 Å². The molecule has 0 saturated heterocycles. The standard InChI is InChI=1S/C19H40N/c1-4-5-6-7-8-9-10-11-12-13-14-15-16-17-19(2,3)18-20/h20H,4-18H2,1-3H3. The molecule has 0 unspecified atom stereocenters. The molecule has 1 N–H and O–H groups in total. The van der Waals surface area contributed by atoms with Gasteiger partial charge in [-0.2, -0.15) is 0 Å². The van der Waals surface area contributed by atoms with Crippen LogP contribution in [0.25, 0.3) is 0 Å². The minimum absolute atomic E-state index is 0.248. The Labute approximate surface area is 129 Å². The maximum Gasteiger partial charge on any atom is 0.0151 e. The predicted octanol–water partition coefficient (Wildman–Crippen LogP) is 6.78. The summed E-state index contributed by atoms with van der Waals surface area (Å²) in [5, 5.41) is 0. The van der Waals surface area contributed by atoms with Crippen molar-refractivity contribution in [2.24, 2.45) is 5.41 Å². The van der Waals surface area contributed by atoms with Crippen molar-refractivity contribution in [3.05, 3.63) is 0 Å². The first-order chi connectivity index (χ1) is 9.62. The monoisotopic (exact) mass is 282 g/mol. The molecular weight excluding hydrogens is 242 g/mol. The van der Waals surface area contributed by atoms with E-state index in [9.17, 15) is 0 Å². The fourth-order valence-corrected chi connectivity index (χ4v) is 2.71. The van der Waals surface area contributed by atoms with Gasteiger partial charge in [0.25, 0.3) is 0 Å². The molecule has 0 amide bonds. The number of nitrogens with one attached hydrogen (secondary N) is 1. The third-order valence-electron chi connectivity index (χ3n) is 4.44. The Bertz CT molecular complexity index is 186. The van der Waals surface area contributed by atoms with Crippen molar-refractivity contribution < 1.29 is 0 Å². The summed E-state index contributed by atoms with van der Waals surface area (Å²) in [5.74, 6) is 0. The summed E-state index contributed by atoms with van der Waals surface area (Å²) in [4.78, 5) is 0. The lowest BCUT2D eigenvalue weighted by atomic mass is 9.87. The fraction of sp³-hybridized carbons (Fsp3) is 1.00. The molecule has 0 spiro atoms. The van der Waals surface area contributed by atoms with Gasteiger partial charge in [-0.05, 0) is 11.8 Å². The van der Waals surface area contributed by atoms with Crippen LogP contribution in [0, 0.1) is 5.41 Å². The van der Waals surface area contributed by atoms with Crippen molar-refractivity contribution in [2.75, 3.05) is 6.54 Å². The van der Waals surface area contributed by atoms with Gasteiger partial charge in [-0.25, -0.2) is 0 Å². The second kappa shape index (κ2) is 13.9. The Hall–Kier alpha value is -0.0400. The van der Waals surface area contributed by atoms with Crippen LogP contribution in [0.15, 0.2) is 0 Å². The fourth-order valence-electron chi connectivity index (χ4n) is 2.71. The summed E-state index contributed by atoms with van der Waals surface area (Å²) in [6.45, 7) is 7.31. The van der Waals surface area contributed by atoms with Crippen LogP contribution in [-0.2, 0) is 0 Å². The van der Waals surface area contributed by atoms with E-state index in [0.717, 1.165) is 0 Å². The van der Waals surface area contributed by atoms with E-state index in [1.54, 1.807) is 0 Å². The smallest absolute Gasteiger partial charge is 0.0151 e. The van der Waals surface area contributed by atoms with Gasteiger partial charge in [0.2, 0.25) is 0 Å². The normalized spacial score (nSPS) is 12.0. The maximum absolute atomic E-state index is 7.47. The average Bonchev–Trinajstić information content (AvgIpc) is 2.44. The van der Waals surface area contributed by atoms with Crippen molar-refractivity contribution in [1.82, 2.24) is 5.73 Å². The van der Waals surface area contributed by atoms with Crippen molar-refractivity contribution >= 4 is 0 Å². The molecule has 0 aliphatic carbocycles. The molecule has 1 heteroatoms. The van der Waals surface area contributed by atoms with Gasteiger partial charge in [-0.1, -0.05) is 104 Å². The van der Waals surface area contributed by atoms with Crippen LogP contribution in [0.1, 0.15) is 111 Å². The number of hydrogen-bond donors (Lipinski definition) is 0. The van der Waals surface area contributed by atoms with E-state index in [1.165, 1.54) is 89.9 Å². The summed E-state index contributed by atoms with van der Waals surface area (Å²) < 4.78 is 0. The van der Waals surface area contributed by atoms with Crippen LogP contribution in [0.2, 0.25) is 0 Å². The van der Waals surface area contributed by atoms with Crippen LogP contribution >= 0.6 is 0 Å². The van der Waals surface area contributed by atoms with Crippen molar-refractivity contribution in [3.8, 4) is 0 Å². The Balaban J connectivity index is 3.06. The Morgan fingerprint density at radius 1 is 0.600 bits per heavy atom. The van der Waals surface area contributed by atoms with E-state index in [-0.39, 0.29) is 5.41 Å². The van der Waals surface area contributed by atoms with Crippen LogP contribution in [-0.4, -0.2) is 6.54 Å². The van der Waals surface area contributed by atoms with Crippen molar-refractivity contribution in [1.29, 1.82) is 0 Å². The SMILES string of the molecule is CCCCCCCCCCCCCCCC(C)(C)C[NH]. The van der Waals surface area contributed by atoms with Crippen LogP contribution in [0.5, 0.6) is 0 Å². The first kappa shape index (κ1) is 20.0. The van der Waals surface area contributed by atoms with Gasteiger partial charge in [0.1, 0.15) is 0 Å². The summed E-state index contributed by atoms with van der Waals surface area (Å²) in [7, 11) is 0. The van der Waals surface area contributed by atoms with Crippen LogP contribution < -0.4 is 5.73 Å². The lowest BCUT2D eigenvalue weighted by Gasteiger charge is -2.21. The molecule has 1 nitrogen and oxygen atoms in total. The Morgan fingerprint density at radius 2 is 0.950 bits per heavy atom. The third kappa shape index (κ3) is 14.4. The maximum atomic E-state index is 7.47. The minimum Gasteiger partial charge on any atom is -0.257 e. The van der Waals surface area contributed by atoms with Crippen LogP contribution in [0.3, 0.4) is 0 Å². The molecule has 0 saturated carbocycles. The quantitative estimate of drug-likeness (QED) is 0.296. The second-order valence-corrected chi connectivity index (χ2v) is 7.33. The molecule has 0 aliphatic rings. The Kier molecular flexibility index (Phi) is 13.9. The van der Waals surface area contributed by atoms with E-state index < -0.39 is 0 Å². The molecule has 121 valence electrons. The van der Waals surface area contributed by atoms with Gasteiger partial charge < -0.3 is 0 Å². The van der Waals surface area contributed by atoms with Gasteiger partial charge >= 0.3 is 0 Å². The zero-order valence-corrected chi connectivity index (χ0v) is 14.6. The van der Waals surface area contributed by atoms with Gasteiger partial charge in [-0.3, -0.25) is 5.73 Å². The summed E-state index contributed by atoms with van der Waals surface area (Å²) in [6, 6.07) is 0. The molecule has 0 bridgehead atoms. The second-order valence-electron chi connectivity index (χ2n) is 7.33. The average molecular weight is 283 g/mol. The zero-order valence-electron chi connectivity index (χ0n) is 14.6. The molecule has 0 aromatic carbocycles. The number of hydrogen-bond acceptors (Lipinski definition) is 0. The van der Waals surface area contributed by atoms with Gasteiger partial charge in [0, 0.05) is 6.54 Å². The molecule has 0 atom stereocenters. The highest BCUT2D eigenvalue weighted by Gasteiger charge is 2.14. The molecule has 0 aromatic rings. The molecule has 0 aromatic heterocycles. The molecule has 1 radical (unpaired) electrons. The molecule has 0 fully saturated rings. The van der Waals surface area contributed by atoms with Gasteiger partial charge in [-0.15, -0.1) is 0 Å². The highest BCUT2D eigenvalue weighted by molar-refractivity contribution is 4.68. The molecule has 0 rings (SSSR count). The van der Waals surface area contributed by atoms with E-state index in [1.807, 2.05) is 0 Å². The van der Waals surface area contributed by atoms with Gasteiger partial charge in [0.05, 0.1) is 0 Å². The van der Waals surface area contributed by atoms with Gasteiger partial charge in [0.15, 0.2) is 0 Å². The minimum atomic E-state index is 0.248. The largest absolute Gasteiger partial charge is 0.257 e. The predicted molar refractivity (Wildman–Crippen MR) is 92.1 cm³/mol.